The zero-order chi connectivity index (χ0) is 16.7. The maximum atomic E-state index is 6.67. The summed E-state index contributed by atoms with van der Waals surface area (Å²) in [6.07, 6.45) is 7.80. The Kier molecular flexibility index (Phi) is 5.19. The van der Waals surface area contributed by atoms with Crippen LogP contribution in [0.2, 0.25) is 6.04 Å². The molecule has 4 nitrogen and oxygen atoms in total. The number of nitrogens with zero attached hydrogens (tertiary/aromatic N) is 3. The van der Waals surface area contributed by atoms with Crippen molar-refractivity contribution in [1.82, 2.24) is 0 Å². The summed E-state index contributed by atoms with van der Waals surface area (Å²) >= 11 is 8.90. The van der Waals surface area contributed by atoms with Gasteiger partial charge in [0.15, 0.2) is 21.5 Å². The number of rotatable bonds is 5. The number of hydrogen-bond donors (Lipinski definition) is 0. The van der Waals surface area contributed by atoms with Crippen molar-refractivity contribution in [2.45, 2.75) is 39.7 Å². The summed E-state index contributed by atoms with van der Waals surface area (Å²) in [6.45, 7) is 7.78. The predicted octanol–water partition coefficient (Wildman–Crippen LogP) is 4.12. The van der Waals surface area contributed by atoms with Crippen LogP contribution in [-0.4, -0.2) is 30.4 Å². The predicted molar refractivity (Wildman–Crippen MR) is 107 cm³/mol. The maximum absolute atomic E-state index is 6.67. The largest absolute Gasteiger partial charge is 0.424 e. The number of halogens is 2. The molecule has 7 heteroatoms. The van der Waals surface area contributed by atoms with E-state index in [1.807, 2.05) is 12.4 Å². The van der Waals surface area contributed by atoms with Crippen LogP contribution in [0.5, 0.6) is 0 Å². The van der Waals surface area contributed by atoms with Crippen LogP contribution in [0.3, 0.4) is 0 Å². The first-order valence-electron chi connectivity index (χ1n) is 8.16. The lowest BCUT2D eigenvalue weighted by atomic mass is 9.73. The van der Waals surface area contributed by atoms with Gasteiger partial charge in [-0.05, 0) is 30.2 Å². The van der Waals surface area contributed by atoms with Crippen molar-refractivity contribution < 1.29 is 8.43 Å². The molecule has 1 atom stereocenters. The van der Waals surface area contributed by atoms with E-state index in [9.17, 15) is 0 Å². The van der Waals surface area contributed by atoms with Crippen molar-refractivity contribution in [2.24, 2.45) is 27.2 Å². The second-order valence-electron chi connectivity index (χ2n) is 7.78. The third-order valence-corrected chi connectivity index (χ3v) is 8.59. The van der Waals surface area contributed by atoms with Crippen LogP contribution >= 0.6 is 34.4 Å². The maximum Gasteiger partial charge on any atom is 0.292 e. The molecule has 0 aromatic heterocycles. The summed E-state index contributed by atoms with van der Waals surface area (Å²) in [5, 5.41) is 0. The van der Waals surface area contributed by atoms with E-state index in [4.69, 9.17) is 21.2 Å². The first-order chi connectivity index (χ1) is 10.8. The minimum Gasteiger partial charge on any atom is -0.424 e. The van der Waals surface area contributed by atoms with Crippen LogP contribution in [0.1, 0.15) is 33.6 Å². The summed E-state index contributed by atoms with van der Waals surface area (Å²) in [6, 6.07) is 1.25. The molecule has 23 heavy (non-hydrogen) atoms. The average molecular weight is 465 g/mol. The van der Waals surface area contributed by atoms with Gasteiger partial charge in [-0.15, -0.1) is 4.00 Å². The van der Waals surface area contributed by atoms with Gasteiger partial charge in [0.05, 0.1) is 35.0 Å². The molecule has 0 radical (unpaired) electrons. The Hall–Kier alpha value is -0.0231. The molecule has 0 amide bonds. The molecule has 0 aromatic carbocycles. The summed E-state index contributed by atoms with van der Waals surface area (Å²) in [4.78, 5) is 8.97. The molecule has 2 heterocycles. The summed E-state index contributed by atoms with van der Waals surface area (Å²) in [5.41, 5.74) is 2.55. The number of hydrogen-bond acceptors (Lipinski definition) is 3. The van der Waals surface area contributed by atoms with Gasteiger partial charge in [-0.3, -0.25) is 4.99 Å². The van der Waals surface area contributed by atoms with Gasteiger partial charge in [0.1, 0.15) is 11.9 Å². The van der Waals surface area contributed by atoms with E-state index in [2.05, 4.69) is 48.4 Å². The molecule has 0 saturated heterocycles. The zero-order valence-electron chi connectivity index (χ0n) is 13.9. The highest BCUT2D eigenvalue weighted by Crippen LogP contribution is 2.47. The Morgan fingerprint density at radius 3 is 2.87 bits per heavy atom. The summed E-state index contributed by atoms with van der Waals surface area (Å²) in [5.74, 6) is 1.19. The topological polar surface area (TPSA) is 34.0 Å². The van der Waals surface area contributed by atoms with E-state index in [1.54, 1.807) is 6.20 Å². The Morgan fingerprint density at radius 2 is 2.17 bits per heavy atom. The molecule has 0 N–H and O–H groups in total. The van der Waals surface area contributed by atoms with Crippen molar-refractivity contribution in [3.63, 3.8) is 0 Å². The van der Waals surface area contributed by atoms with Crippen LogP contribution in [0.4, 0.5) is 0 Å². The van der Waals surface area contributed by atoms with Crippen molar-refractivity contribution in [1.29, 1.82) is 0 Å². The zero-order valence-corrected chi connectivity index (χ0v) is 18.3. The van der Waals surface area contributed by atoms with Crippen LogP contribution in [-0.2, 0) is 4.43 Å². The fraction of sp³-hybridized carbons (Fsp3) is 0.625. The minimum atomic E-state index is -0.377. The van der Waals surface area contributed by atoms with E-state index in [1.165, 1.54) is 6.04 Å². The van der Waals surface area contributed by atoms with Gasteiger partial charge in [-0.2, -0.15) is 4.99 Å². The summed E-state index contributed by atoms with van der Waals surface area (Å²) < 4.78 is 7.04. The number of quaternary nitrogens is 1. The fourth-order valence-electron chi connectivity index (χ4n) is 3.06. The lowest BCUT2D eigenvalue weighted by molar-refractivity contribution is -0.594. The Bertz CT molecular complexity index is 605. The molecule has 0 spiro atoms. The van der Waals surface area contributed by atoms with Gasteiger partial charge in [0.25, 0.3) is 3.84 Å². The smallest absolute Gasteiger partial charge is 0.292 e. The molecule has 0 bridgehead atoms. The van der Waals surface area contributed by atoms with E-state index < -0.39 is 0 Å². The first-order valence-corrected chi connectivity index (χ1v) is 11.2. The van der Waals surface area contributed by atoms with Gasteiger partial charge in [-0.25, -0.2) is 0 Å². The van der Waals surface area contributed by atoms with Gasteiger partial charge >= 0.3 is 0 Å². The number of fused-ring (bicyclic) bond motifs is 1. The van der Waals surface area contributed by atoms with Crippen LogP contribution in [0, 0.1) is 17.3 Å². The Labute approximate surface area is 159 Å². The molecule has 126 valence electrons. The van der Waals surface area contributed by atoms with Crippen molar-refractivity contribution in [3.05, 3.63) is 23.8 Å². The molecule has 3 rings (SSSR count). The van der Waals surface area contributed by atoms with Gasteiger partial charge in [0.2, 0.25) is 5.70 Å². The van der Waals surface area contributed by atoms with Gasteiger partial charge in [0, 0.05) is 12.5 Å². The second kappa shape index (κ2) is 6.71. The van der Waals surface area contributed by atoms with E-state index >= 15 is 0 Å². The molecule has 1 fully saturated rings. The van der Waals surface area contributed by atoms with E-state index in [0.717, 1.165) is 34.7 Å². The van der Waals surface area contributed by atoms with Crippen LogP contribution < -0.4 is 0 Å². The third kappa shape index (κ3) is 3.81. The number of aliphatic imine (C=N–C) groups is 2. The molecule has 1 unspecified atom stereocenters. The molecule has 0 aromatic rings. The first kappa shape index (κ1) is 17.8. The molecule has 3 aliphatic rings. The Morgan fingerprint density at radius 1 is 1.43 bits per heavy atom. The SMILES string of the molecule is CC(C)(C)C[SiH2]OCC1CC(C2=C3C=NC=C[N+]3(Cl)C(I)=N2)C1. The van der Waals surface area contributed by atoms with Crippen LogP contribution in [0.15, 0.2) is 33.8 Å². The van der Waals surface area contributed by atoms with Crippen molar-refractivity contribution in [2.75, 3.05) is 6.61 Å². The standard InChI is InChI=1S/C16H24ClIN3OSi/c1-16(2,3)10-23-22-9-11-6-12(7-11)14-13-8-19-4-5-21(13,17)15(18)20-14/h4-5,8,11-12H,6-7,9-10,23H2,1-3H3/q+1. The lowest BCUT2D eigenvalue weighted by Crippen LogP contribution is -2.35. The fourth-order valence-corrected chi connectivity index (χ4v) is 5.21. The second-order valence-corrected chi connectivity index (χ2v) is 10.6. The van der Waals surface area contributed by atoms with E-state index in [-0.39, 0.29) is 13.8 Å². The normalized spacial score (nSPS) is 33.3. The Balaban J connectivity index is 1.51. The minimum absolute atomic E-state index is 0.162. The van der Waals surface area contributed by atoms with Crippen molar-refractivity contribution >= 4 is 54.2 Å². The monoisotopic (exact) mass is 464 g/mol. The highest BCUT2D eigenvalue weighted by atomic mass is 127. The van der Waals surface area contributed by atoms with Gasteiger partial charge in [-0.1, -0.05) is 20.8 Å². The average Bonchev–Trinajstić information content (AvgIpc) is 2.67. The van der Waals surface area contributed by atoms with Crippen LogP contribution in [0.25, 0.3) is 0 Å². The third-order valence-electron chi connectivity index (χ3n) is 4.62. The van der Waals surface area contributed by atoms with Crippen molar-refractivity contribution in [3.8, 4) is 0 Å². The summed E-state index contributed by atoms with van der Waals surface area (Å²) in [7, 11) is -0.377. The molecular formula is C16H24ClIN3OSi+. The highest BCUT2D eigenvalue weighted by molar-refractivity contribution is 14.1. The number of allylic oxidation sites excluding steroid dienone is 2. The van der Waals surface area contributed by atoms with E-state index in [0.29, 0.717) is 17.3 Å². The quantitative estimate of drug-likeness (QED) is 0.198. The van der Waals surface area contributed by atoms with Gasteiger partial charge < -0.3 is 4.43 Å². The molecular weight excluding hydrogens is 441 g/mol. The molecule has 2 aliphatic heterocycles. The molecule has 1 saturated carbocycles. The number of amidine groups is 1. The molecule has 1 aliphatic carbocycles. The lowest BCUT2D eigenvalue weighted by Gasteiger charge is -2.35. The highest BCUT2D eigenvalue weighted by Gasteiger charge is 2.48.